The van der Waals surface area contributed by atoms with Crippen molar-refractivity contribution in [1.82, 2.24) is 26.6 Å². The molecule has 0 spiro atoms. The Balaban J connectivity index is 2.20. The maximum absolute atomic E-state index is 12.0. The van der Waals surface area contributed by atoms with Gasteiger partial charge in [-0.3, -0.25) is 4.79 Å². The topological polar surface area (TPSA) is 147 Å². The number of amides is 4. The molecule has 180 valence electrons. The Morgan fingerprint density at radius 1 is 1.22 bits per heavy atom. The molecule has 1 aliphatic heterocycles. The second-order valence-corrected chi connectivity index (χ2v) is 8.44. The molecule has 11 nitrogen and oxygen atoms in total. The van der Waals surface area contributed by atoms with Crippen molar-refractivity contribution in [3.8, 4) is 0 Å². The number of hydrogen-bond donors (Lipinski definition) is 5. The summed E-state index contributed by atoms with van der Waals surface area (Å²) in [5.74, 6) is -0.545. The van der Waals surface area contributed by atoms with Gasteiger partial charge in [-0.05, 0) is 31.1 Å². The van der Waals surface area contributed by atoms with E-state index in [-0.39, 0.29) is 30.6 Å². The van der Waals surface area contributed by atoms with Crippen molar-refractivity contribution in [3.63, 3.8) is 0 Å². The summed E-state index contributed by atoms with van der Waals surface area (Å²) < 4.78 is 9.68. The fraction of sp³-hybridized carbons (Fsp3) is 0.619. The number of esters is 1. The van der Waals surface area contributed by atoms with Gasteiger partial charge in [-0.2, -0.15) is 0 Å². The largest absolute Gasteiger partial charge is 0.459 e. The smallest absolute Gasteiger partial charge is 0.407 e. The molecular formula is C21H35N5O6. The second-order valence-electron chi connectivity index (χ2n) is 8.44. The van der Waals surface area contributed by atoms with Crippen LogP contribution in [0.25, 0.3) is 0 Å². The second kappa shape index (κ2) is 13.2. The molecule has 2 unspecified atom stereocenters. The molecule has 11 heteroatoms. The summed E-state index contributed by atoms with van der Waals surface area (Å²) in [4.78, 5) is 46.1. The SMILES string of the molecule is C=CC(=O)OCCOC(=O)NCC(C)(C)CC(C)CCNC(=O)NC1NC(=O)C=C(C)N1. The van der Waals surface area contributed by atoms with Gasteiger partial charge in [0.25, 0.3) is 0 Å². The first-order valence-corrected chi connectivity index (χ1v) is 10.5. The number of carbonyl (C=O) groups is 4. The lowest BCUT2D eigenvalue weighted by molar-refractivity contribution is -0.138. The van der Waals surface area contributed by atoms with Crippen LogP contribution in [0.4, 0.5) is 9.59 Å². The van der Waals surface area contributed by atoms with Gasteiger partial charge in [0.05, 0.1) is 0 Å². The van der Waals surface area contributed by atoms with Gasteiger partial charge in [0.2, 0.25) is 5.91 Å². The first-order valence-electron chi connectivity index (χ1n) is 10.5. The Labute approximate surface area is 188 Å². The summed E-state index contributed by atoms with van der Waals surface area (Å²) >= 11 is 0. The van der Waals surface area contributed by atoms with E-state index in [1.165, 1.54) is 6.08 Å². The zero-order valence-corrected chi connectivity index (χ0v) is 19.2. The lowest BCUT2D eigenvalue weighted by Crippen LogP contribution is -2.59. The predicted molar refractivity (Wildman–Crippen MR) is 118 cm³/mol. The van der Waals surface area contributed by atoms with Gasteiger partial charge in [-0.15, -0.1) is 0 Å². The van der Waals surface area contributed by atoms with E-state index >= 15 is 0 Å². The highest BCUT2D eigenvalue weighted by molar-refractivity contribution is 5.89. The fourth-order valence-electron chi connectivity index (χ4n) is 3.19. The predicted octanol–water partition coefficient (Wildman–Crippen LogP) is 1.09. The van der Waals surface area contributed by atoms with E-state index in [2.05, 4.69) is 40.1 Å². The van der Waals surface area contributed by atoms with Crippen molar-refractivity contribution in [3.05, 3.63) is 24.4 Å². The number of carbonyl (C=O) groups excluding carboxylic acids is 4. The highest BCUT2D eigenvalue weighted by Gasteiger charge is 2.23. The Kier molecular flexibility index (Phi) is 11.1. The number of nitrogens with one attached hydrogen (secondary N) is 5. The van der Waals surface area contributed by atoms with Crippen LogP contribution in [-0.2, 0) is 19.1 Å². The van der Waals surface area contributed by atoms with Gasteiger partial charge in [0.15, 0.2) is 6.29 Å². The number of urea groups is 1. The lowest BCUT2D eigenvalue weighted by atomic mass is 9.82. The third-order valence-electron chi connectivity index (χ3n) is 4.54. The molecule has 5 N–H and O–H groups in total. The lowest BCUT2D eigenvalue weighted by Gasteiger charge is -2.28. The number of alkyl carbamates (subject to hydrolysis) is 1. The van der Waals surface area contributed by atoms with Crippen LogP contribution in [0.1, 0.15) is 40.5 Å². The maximum Gasteiger partial charge on any atom is 0.407 e. The Bertz CT molecular complexity index is 721. The normalized spacial score (nSPS) is 16.4. The monoisotopic (exact) mass is 453 g/mol. The molecule has 0 aromatic rings. The highest BCUT2D eigenvalue weighted by atomic mass is 16.6. The van der Waals surface area contributed by atoms with Crippen molar-refractivity contribution >= 4 is 24.0 Å². The van der Waals surface area contributed by atoms with Gasteiger partial charge < -0.3 is 36.1 Å². The minimum atomic E-state index is -0.649. The van der Waals surface area contributed by atoms with Crippen molar-refractivity contribution in [2.24, 2.45) is 11.3 Å². The van der Waals surface area contributed by atoms with E-state index in [0.717, 1.165) is 18.9 Å². The molecule has 0 saturated carbocycles. The van der Waals surface area contributed by atoms with Gasteiger partial charge >= 0.3 is 18.1 Å². The van der Waals surface area contributed by atoms with Crippen LogP contribution < -0.4 is 26.6 Å². The minimum Gasteiger partial charge on any atom is -0.459 e. The van der Waals surface area contributed by atoms with Crippen molar-refractivity contribution in [1.29, 1.82) is 0 Å². The molecule has 0 saturated heterocycles. The first kappa shape index (κ1) is 26.8. The molecule has 1 rings (SSSR count). The quantitative estimate of drug-likeness (QED) is 0.169. The molecule has 0 aromatic heterocycles. The summed E-state index contributed by atoms with van der Waals surface area (Å²) in [6.07, 6.45) is 2.79. The molecule has 0 aliphatic carbocycles. The van der Waals surface area contributed by atoms with Crippen LogP contribution in [0.15, 0.2) is 24.4 Å². The minimum absolute atomic E-state index is 0.0290. The molecule has 0 aromatic carbocycles. The van der Waals surface area contributed by atoms with Crippen molar-refractivity contribution < 1.29 is 28.7 Å². The number of hydrogen-bond acceptors (Lipinski definition) is 7. The first-order chi connectivity index (χ1) is 15.0. The molecule has 4 amide bonds. The number of ether oxygens (including phenoxy) is 2. The Hall–Kier alpha value is -3.24. The average Bonchev–Trinajstić information content (AvgIpc) is 2.68. The van der Waals surface area contributed by atoms with Gasteiger partial charge in [-0.25, -0.2) is 14.4 Å². The van der Waals surface area contributed by atoms with E-state index in [9.17, 15) is 19.2 Å². The molecule has 0 bridgehead atoms. The van der Waals surface area contributed by atoms with Gasteiger partial charge in [-0.1, -0.05) is 27.4 Å². The summed E-state index contributed by atoms with van der Waals surface area (Å²) in [7, 11) is 0. The van der Waals surface area contributed by atoms with Crippen molar-refractivity contribution in [2.45, 2.75) is 46.8 Å². The maximum atomic E-state index is 12.0. The molecule has 0 radical (unpaired) electrons. The van der Waals surface area contributed by atoms with E-state index in [1.54, 1.807) is 6.92 Å². The van der Waals surface area contributed by atoms with Crippen LogP contribution in [0.5, 0.6) is 0 Å². The molecule has 1 aliphatic rings. The summed E-state index contributed by atoms with van der Waals surface area (Å²) in [6, 6.07) is -0.382. The van der Waals surface area contributed by atoms with Crippen LogP contribution in [0.2, 0.25) is 0 Å². The molecule has 0 fully saturated rings. The third-order valence-corrected chi connectivity index (χ3v) is 4.54. The average molecular weight is 454 g/mol. The van der Waals surface area contributed by atoms with E-state index < -0.39 is 18.4 Å². The molecular weight excluding hydrogens is 418 g/mol. The van der Waals surface area contributed by atoms with E-state index in [0.29, 0.717) is 24.7 Å². The summed E-state index contributed by atoms with van der Waals surface area (Å²) in [6.45, 7) is 12.0. The standard InChI is InChI=1S/C21H35N5O6/c1-6-17(28)31-9-10-32-20(30)23-13-21(4,5)12-14(2)7-8-22-19(29)26-18-24-15(3)11-16(27)25-18/h6,11,14,18,24H,1,7-10,12-13H2,2-5H3,(H,23,30)(H,25,27)(H2,22,26,29). The van der Waals surface area contributed by atoms with Crippen LogP contribution in [-0.4, -0.2) is 56.6 Å². The van der Waals surface area contributed by atoms with E-state index in [4.69, 9.17) is 9.47 Å². The third kappa shape index (κ3) is 11.8. The summed E-state index contributed by atoms with van der Waals surface area (Å²) in [5, 5.41) is 13.6. The van der Waals surface area contributed by atoms with Crippen molar-refractivity contribution in [2.75, 3.05) is 26.3 Å². The highest BCUT2D eigenvalue weighted by Crippen LogP contribution is 2.26. The van der Waals surface area contributed by atoms with Gasteiger partial charge in [0, 0.05) is 30.9 Å². The number of allylic oxidation sites excluding steroid dienone is 1. The van der Waals surface area contributed by atoms with E-state index in [1.807, 2.05) is 13.8 Å². The molecule has 32 heavy (non-hydrogen) atoms. The Morgan fingerprint density at radius 2 is 1.91 bits per heavy atom. The molecule has 1 heterocycles. The zero-order valence-electron chi connectivity index (χ0n) is 19.2. The van der Waals surface area contributed by atoms with Gasteiger partial charge in [0.1, 0.15) is 13.2 Å². The zero-order chi connectivity index (χ0) is 24.1. The van der Waals surface area contributed by atoms with Crippen LogP contribution in [0, 0.1) is 11.3 Å². The summed E-state index contributed by atoms with van der Waals surface area (Å²) in [5.41, 5.74) is 0.486. The van der Waals surface area contributed by atoms with Crippen LogP contribution in [0.3, 0.4) is 0 Å². The number of rotatable bonds is 12. The Morgan fingerprint density at radius 3 is 2.56 bits per heavy atom. The van der Waals surface area contributed by atoms with Crippen LogP contribution >= 0.6 is 0 Å². The fourth-order valence-corrected chi connectivity index (χ4v) is 3.19. The molecule has 2 atom stereocenters.